The molecule has 0 aliphatic rings. The number of benzene rings is 2. The Morgan fingerprint density at radius 2 is 1.93 bits per heavy atom. The summed E-state index contributed by atoms with van der Waals surface area (Å²) in [4.78, 5) is 25.7. The van der Waals surface area contributed by atoms with Crippen molar-refractivity contribution in [1.29, 1.82) is 0 Å². The van der Waals surface area contributed by atoms with Crippen LogP contribution < -0.4 is 10.9 Å². The Labute approximate surface area is 163 Å². The van der Waals surface area contributed by atoms with E-state index in [1.54, 1.807) is 0 Å². The summed E-state index contributed by atoms with van der Waals surface area (Å²) in [6.07, 6.45) is 2.05. The number of unbranched alkanes of at least 4 members (excludes halogenated alkanes) is 1. The highest BCUT2D eigenvalue weighted by Crippen LogP contribution is 2.19. The van der Waals surface area contributed by atoms with Crippen molar-refractivity contribution in [1.82, 2.24) is 14.5 Å². The van der Waals surface area contributed by atoms with Crippen molar-refractivity contribution < 1.29 is 0 Å². The van der Waals surface area contributed by atoms with Crippen LogP contribution in [0.2, 0.25) is 0 Å². The summed E-state index contributed by atoms with van der Waals surface area (Å²) in [6.45, 7) is 4.89. The van der Waals surface area contributed by atoms with E-state index in [9.17, 15) is 4.79 Å². The van der Waals surface area contributed by atoms with Gasteiger partial charge in [0.1, 0.15) is 16.9 Å². The Hall–Kier alpha value is -3.21. The van der Waals surface area contributed by atoms with Crippen molar-refractivity contribution in [2.24, 2.45) is 12.0 Å². The van der Waals surface area contributed by atoms with Crippen molar-refractivity contribution >= 4 is 21.9 Å². The van der Waals surface area contributed by atoms with Crippen LogP contribution in [0.5, 0.6) is 0 Å². The molecule has 142 valence electrons. The maximum absolute atomic E-state index is 13.1. The van der Waals surface area contributed by atoms with E-state index in [0.29, 0.717) is 23.4 Å². The quantitative estimate of drug-likeness (QED) is 0.433. The minimum absolute atomic E-state index is 0.155. The lowest BCUT2D eigenvalue weighted by molar-refractivity contribution is 0.796. The molecule has 0 aliphatic heterocycles. The molecule has 2 aromatic heterocycles. The minimum atomic E-state index is -0.155. The molecule has 0 fully saturated rings. The van der Waals surface area contributed by atoms with Crippen LogP contribution >= 0.6 is 0 Å². The average Bonchev–Trinajstić information content (AvgIpc) is 2.71. The highest BCUT2D eigenvalue weighted by Gasteiger charge is 2.14. The first-order valence-electron chi connectivity index (χ1n) is 9.69. The molecule has 0 saturated carbocycles. The van der Waals surface area contributed by atoms with Gasteiger partial charge in [-0.05, 0) is 25.5 Å². The first kappa shape index (κ1) is 18.2. The van der Waals surface area contributed by atoms with E-state index in [1.807, 2.05) is 41.9 Å². The van der Waals surface area contributed by atoms with Gasteiger partial charge in [0.15, 0.2) is 0 Å². The Balaban J connectivity index is 2.14. The molecule has 0 atom stereocenters. The lowest BCUT2D eigenvalue weighted by atomic mass is 10.1. The Morgan fingerprint density at radius 1 is 1.14 bits per heavy atom. The molecule has 28 heavy (non-hydrogen) atoms. The van der Waals surface area contributed by atoms with Gasteiger partial charge in [-0.3, -0.25) is 9.79 Å². The summed E-state index contributed by atoms with van der Waals surface area (Å²) in [7, 11) is 1.96. The summed E-state index contributed by atoms with van der Waals surface area (Å²) in [5, 5.41) is 2.29. The molecule has 0 bridgehead atoms. The zero-order valence-corrected chi connectivity index (χ0v) is 16.5. The fourth-order valence-electron chi connectivity index (χ4n) is 3.54. The number of aryl methyl sites for hydroxylation is 2. The lowest BCUT2D eigenvalue weighted by Crippen LogP contribution is -2.23. The average molecular weight is 372 g/mol. The number of hydrogen-bond donors (Lipinski definition) is 1. The molecule has 2 heterocycles. The number of nitrogens with one attached hydrogen (secondary N) is 1. The number of H-pyrrole nitrogens is 1. The predicted molar refractivity (Wildman–Crippen MR) is 114 cm³/mol. The molecule has 4 aromatic rings. The van der Waals surface area contributed by atoms with E-state index in [1.165, 1.54) is 0 Å². The van der Waals surface area contributed by atoms with Crippen LogP contribution in [-0.4, -0.2) is 21.1 Å². The number of nitrogens with zero attached hydrogens (tertiary/aromatic N) is 3. The van der Waals surface area contributed by atoms with Crippen molar-refractivity contribution in [3.63, 3.8) is 0 Å². The smallest absolute Gasteiger partial charge is 0.262 e. The van der Waals surface area contributed by atoms with Gasteiger partial charge in [-0.2, -0.15) is 0 Å². The normalized spacial score (nSPS) is 12.2. The molecule has 2 aromatic carbocycles. The maximum Gasteiger partial charge on any atom is 0.262 e. The molecule has 5 heteroatoms. The van der Waals surface area contributed by atoms with Crippen LogP contribution in [0, 0.1) is 6.92 Å². The molecule has 0 spiro atoms. The first-order chi connectivity index (χ1) is 13.6. The second-order valence-corrected chi connectivity index (χ2v) is 7.14. The third-order valence-corrected chi connectivity index (χ3v) is 5.05. The SMILES string of the molecule is CCCCN=c1c2cc(C)ccc2n(C)c2nc(-c3ccccc3)[nH]c(=O)c12. The molecule has 5 nitrogen and oxygen atoms in total. The second kappa shape index (κ2) is 7.43. The van der Waals surface area contributed by atoms with Gasteiger partial charge in [-0.15, -0.1) is 0 Å². The lowest BCUT2D eigenvalue weighted by Gasteiger charge is -2.13. The fourth-order valence-corrected chi connectivity index (χ4v) is 3.54. The molecular formula is C23H24N4O. The number of fused-ring (bicyclic) bond motifs is 2. The zero-order valence-electron chi connectivity index (χ0n) is 16.5. The molecule has 0 aliphatic carbocycles. The predicted octanol–water partition coefficient (Wildman–Crippen LogP) is 4.09. The number of rotatable bonds is 4. The highest BCUT2D eigenvalue weighted by atomic mass is 16.1. The van der Waals surface area contributed by atoms with Crippen LogP contribution in [0.4, 0.5) is 0 Å². The minimum Gasteiger partial charge on any atom is -0.328 e. The molecular weight excluding hydrogens is 348 g/mol. The van der Waals surface area contributed by atoms with E-state index in [-0.39, 0.29) is 5.56 Å². The fraction of sp³-hybridized carbons (Fsp3) is 0.261. The van der Waals surface area contributed by atoms with Gasteiger partial charge in [0.05, 0.1) is 10.9 Å². The van der Waals surface area contributed by atoms with Crippen LogP contribution in [0.15, 0.2) is 58.3 Å². The van der Waals surface area contributed by atoms with Crippen molar-refractivity contribution in [2.45, 2.75) is 26.7 Å². The van der Waals surface area contributed by atoms with E-state index >= 15 is 0 Å². The number of pyridine rings is 1. The molecule has 0 unspecified atom stereocenters. The van der Waals surface area contributed by atoms with Crippen LogP contribution in [-0.2, 0) is 7.05 Å². The number of hydrogen-bond acceptors (Lipinski definition) is 3. The summed E-state index contributed by atoms with van der Waals surface area (Å²) < 4.78 is 1.99. The molecule has 0 saturated heterocycles. The molecule has 1 N–H and O–H groups in total. The number of aromatic nitrogens is 3. The summed E-state index contributed by atoms with van der Waals surface area (Å²) >= 11 is 0. The first-order valence-corrected chi connectivity index (χ1v) is 9.69. The molecule has 0 amide bonds. The van der Waals surface area contributed by atoms with Crippen LogP contribution in [0.25, 0.3) is 33.3 Å². The van der Waals surface area contributed by atoms with Gasteiger partial charge in [-0.25, -0.2) is 4.98 Å². The highest BCUT2D eigenvalue weighted by molar-refractivity contribution is 5.92. The Morgan fingerprint density at radius 3 is 2.68 bits per heavy atom. The van der Waals surface area contributed by atoms with E-state index in [4.69, 9.17) is 9.98 Å². The van der Waals surface area contributed by atoms with Crippen molar-refractivity contribution in [3.8, 4) is 11.4 Å². The number of aromatic amines is 1. The van der Waals surface area contributed by atoms with Crippen molar-refractivity contribution in [3.05, 3.63) is 69.8 Å². The molecule has 4 rings (SSSR count). The third-order valence-electron chi connectivity index (χ3n) is 5.05. The van der Waals surface area contributed by atoms with Gasteiger partial charge in [0, 0.05) is 24.5 Å². The summed E-state index contributed by atoms with van der Waals surface area (Å²) in [5.74, 6) is 0.569. The van der Waals surface area contributed by atoms with Gasteiger partial charge in [0.2, 0.25) is 0 Å². The van der Waals surface area contributed by atoms with Gasteiger partial charge in [-0.1, -0.05) is 55.3 Å². The topological polar surface area (TPSA) is 63.0 Å². The van der Waals surface area contributed by atoms with Crippen LogP contribution in [0.1, 0.15) is 25.3 Å². The Bertz CT molecular complexity index is 1280. The van der Waals surface area contributed by atoms with E-state index in [0.717, 1.165) is 40.2 Å². The summed E-state index contributed by atoms with van der Waals surface area (Å²) in [5.41, 5.74) is 3.54. The molecule has 0 radical (unpaired) electrons. The Kier molecular flexibility index (Phi) is 4.82. The second-order valence-electron chi connectivity index (χ2n) is 7.14. The standard InChI is InChI=1S/C23H24N4O/c1-4-5-13-24-20-17-14-15(2)11-12-18(17)27(3)22-19(20)23(28)26-21(25-22)16-9-7-6-8-10-16/h6-12,14H,4-5,13H2,1-3H3,(H,25,26,28). The maximum atomic E-state index is 13.1. The van der Waals surface area contributed by atoms with E-state index in [2.05, 4.69) is 37.0 Å². The monoisotopic (exact) mass is 372 g/mol. The van der Waals surface area contributed by atoms with Crippen molar-refractivity contribution in [2.75, 3.05) is 6.54 Å². The van der Waals surface area contributed by atoms with Crippen LogP contribution in [0.3, 0.4) is 0 Å². The zero-order chi connectivity index (χ0) is 19.7. The third kappa shape index (κ3) is 3.13. The largest absolute Gasteiger partial charge is 0.328 e. The van der Waals surface area contributed by atoms with E-state index < -0.39 is 0 Å². The van der Waals surface area contributed by atoms with Gasteiger partial charge in [0.25, 0.3) is 5.56 Å². The van der Waals surface area contributed by atoms with Gasteiger partial charge < -0.3 is 9.55 Å². The van der Waals surface area contributed by atoms with Gasteiger partial charge >= 0.3 is 0 Å². The summed E-state index contributed by atoms with van der Waals surface area (Å²) in [6, 6.07) is 16.0.